The molecule has 0 saturated heterocycles. The molecule has 108 valence electrons. The van der Waals surface area contributed by atoms with Gasteiger partial charge in [0, 0.05) is 10.5 Å². The SMILES string of the molecule is CC1(C)CCC(NC(=O)C2(c3ccc(Br)cc3)CC2)C1. The zero-order chi connectivity index (χ0) is 14.4. The fourth-order valence-corrected chi connectivity index (χ4v) is 3.69. The van der Waals surface area contributed by atoms with E-state index >= 15 is 0 Å². The van der Waals surface area contributed by atoms with E-state index in [2.05, 4.69) is 47.2 Å². The van der Waals surface area contributed by atoms with Gasteiger partial charge < -0.3 is 5.32 Å². The highest BCUT2D eigenvalue weighted by Gasteiger charge is 2.51. The number of benzene rings is 1. The fourth-order valence-electron chi connectivity index (χ4n) is 3.42. The molecule has 1 amide bonds. The molecule has 1 aromatic rings. The molecule has 1 unspecified atom stereocenters. The number of amides is 1. The van der Waals surface area contributed by atoms with E-state index in [1.165, 1.54) is 6.42 Å². The summed E-state index contributed by atoms with van der Waals surface area (Å²) in [5, 5.41) is 3.30. The molecule has 0 bridgehead atoms. The van der Waals surface area contributed by atoms with E-state index in [0.29, 0.717) is 11.5 Å². The minimum absolute atomic E-state index is 0.238. The van der Waals surface area contributed by atoms with Crippen LogP contribution in [0.3, 0.4) is 0 Å². The predicted molar refractivity (Wildman–Crippen MR) is 84.6 cm³/mol. The van der Waals surface area contributed by atoms with Crippen molar-refractivity contribution in [2.24, 2.45) is 5.41 Å². The average molecular weight is 336 g/mol. The molecule has 0 heterocycles. The summed E-state index contributed by atoms with van der Waals surface area (Å²) in [5.74, 6) is 0.238. The second-order valence-electron chi connectivity index (χ2n) is 7.17. The molecule has 0 aliphatic heterocycles. The smallest absolute Gasteiger partial charge is 0.230 e. The topological polar surface area (TPSA) is 29.1 Å². The van der Waals surface area contributed by atoms with Crippen molar-refractivity contribution in [2.75, 3.05) is 0 Å². The Labute approximate surface area is 129 Å². The first-order valence-corrected chi connectivity index (χ1v) is 8.28. The maximum absolute atomic E-state index is 12.7. The zero-order valence-corrected chi connectivity index (χ0v) is 13.8. The summed E-state index contributed by atoms with van der Waals surface area (Å²) in [6.45, 7) is 4.58. The molecule has 1 aromatic carbocycles. The minimum Gasteiger partial charge on any atom is -0.353 e. The van der Waals surface area contributed by atoms with Gasteiger partial charge in [0.1, 0.15) is 0 Å². The summed E-state index contributed by atoms with van der Waals surface area (Å²) in [5.41, 5.74) is 1.30. The molecule has 1 N–H and O–H groups in total. The summed E-state index contributed by atoms with van der Waals surface area (Å²) in [4.78, 5) is 12.7. The summed E-state index contributed by atoms with van der Waals surface area (Å²) in [6, 6.07) is 8.58. The Balaban J connectivity index is 1.69. The van der Waals surface area contributed by atoms with Crippen molar-refractivity contribution in [1.29, 1.82) is 0 Å². The van der Waals surface area contributed by atoms with Gasteiger partial charge in [-0.05, 0) is 55.2 Å². The zero-order valence-electron chi connectivity index (χ0n) is 12.2. The third kappa shape index (κ3) is 2.65. The molecular weight excluding hydrogens is 314 g/mol. The van der Waals surface area contributed by atoms with Crippen LogP contribution in [0.15, 0.2) is 28.7 Å². The quantitative estimate of drug-likeness (QED) is 0.882. The maximum atomic E-state index is 12.7. The summed E-state index contributed by atoms with van der Waals surface area (Å²) >= 11 is 3.45. The Kier molecular flexibility index (Phi) is 3.44. The highest BCUT2D eigenvalue weighted by Crippen LogP contribution is 2.49. The van der Waals surface area contributed by atoms with E-state index in [9.17, 15) is 4.79 Å². The predicted octanol–water partition coefficient (Wildman–Crippen LogP) is 4.18. The normalized spacial score (nSPS) is 26.2. The number of hydrogen-bond donors (Lipinski definition) is 1. The molecule has 0 spiro atoms. The molecule has 2 saturated carbocycles. The van der Waals surface area contributed by atoms with E-state index < -0.39 is 0 Å². The van der Waals surface area contributed by atoms with Gasteiger partial charge in [-0.2, -0.15) is 0 Å². The first-order chi connectivity index (χ1) is 9.41. The Hall–Kier alpha value is -0.830. The van der Waals surface area contributed by atoms with Crippen LogP contribution < -0.4 is 5.32 Å². The molecule has 0 aromatic heterocycles. The van der Waals surface area contributed by atoms with Crippen LogP contribution in [0.1, 0.15) is 51.5 Å². The van der Waals surface area contributed by atoms with Crippen LogP contribution in [0.5, 0.6) is 0 Å². The number of carbonyl (C=O) groups is 1. The van der Waals surface area contributed by atoms with Crippen molar-refractivity contribution in [2.45, 2.75) is 57.4 Å². The van der Waals surface area contributed by atoms with E-state index in [1.807, 2.05) is 12.1 Å². The summed E-state index contributed by atoms with van der Waals surface area (Å²) in [7, 11) is 0. The Morgan fingerprint density at radius 3 is 2.35 bits per heavy atom. The number of rotatable bonds is 3. The highest BCUT2D eigenvalue weighted by atomic mass is 79.9. The fraction of sp³-hybridized carbons (Fsp3) is 0.588. The first-order valence-electron chi connectivity index (χ1n) is 7.48. The third-order valence-corrected chi connectivity index (χ3v) is 5.41. The van der Waals surface area contributed by atoms with Gasteiger partial charge in [-0.15, -0.1) is 0 Å². The molecule has 1 atom stereocenters. The van der Waals surface area contributed by atoms with E-state index in [-0.39, 0.29) is 11.3 Å². The third-order valence-electron chi connectivity index (χ3n) is 4.89. The number of hydrogen-bond acceptors (Lipinski definition) is 1. The average Bonchev–Trinajstić information content (AvgIpc) is 3.12. The standard InChI is InChI=1S/C17H22BrNO/c1-16(2)8-7-14(11-16)19-15(20)17(9-10-17)12-3-5-13(18)6-4-12/h3-6,14H,7-11H2,1-2H3,(H,19,20). The number of halogens is 1. The van der Waals surface area contributed by atoms with Gasteiger partial charge in [-0.25, -0.2) is 0 Å². The lowest BCUT2D eigenvalue weighted by Crippen LogP contribution is -2.40. The van der Waals surface area contributed by atoms with Crippen molar-refractivity contribution >= 4 is 21.8 Å². The minimum atomic E-state index is -0.243. The van der Waals surface area contributed by atoms with Gasteiger partial charge in [0.05, 0.1) is 5.41 Å². The molecule has 2 aliphatic carbocycles. The molecule has 3 rings (SSSR count). The summed E-state index contributed by atoms with van der Waals surface area (Å²) < 4.78 is 1.06. The van der Waals surface area contributed by atoms with E-state index in [1.54, 1.807) is 0 Å². The molecule has 3 heteroatoms. The van der Waals surface area contributed by atoms with Gasteiger partial charge in [-0.1, -0.05) is 41.9 Å². The molecule has 0 radical (unpaired) electrons. The Morgan fingerprint density at radius 2 is 1.85 bits per heavy atom. The van der Waals surface area contributed by atoms with Crippen LogP contribution in [-0.2, 0) is 10.2 Å². The first kappa shape index (κ1) is 14.1. The van der Waals surface area contributed by atoms with Gasteiger partial charge >= 0.3 is 0 Å². The van der Waals surface area contributed by atoms with Gasteiger partial charge in [0.25, 0.3) is 0 Å². The second kappa shape index (κ2) is 4.87. The van der Waals surface area contributed by atoms with Gasteiger partial charge in [-0.3, -0.25) is 4.79 Å². The maximum Gasteiger partial charge on any atom is 0.230 e. The summed E-state index contributed by atoms with van der Waals surface area (Å²) in [6.07, 6.45) is 5.40. The lowest BCUT2D eigenvalue weighted by atomic mass is 9.91. The Morgan fingerprint density at radius 1 is 1.20 bits per heavy atom. The van der Waals surface area contributed by atoms with Crippen LogP contribution in [-0.4, -0.2) is 11.9 Å². The highest BCUT2D eigenvalue weighted by molar-refractivity contribution is 9.10. The van der Waals surface area contributed by atoms with Gasteiger partial charge in [0.2, 0.25) is 5.91 Å². The number of nitrogens with one attached hydrogen (secondary N) is 1. The van der Waals surface area contributed by atoms with Gasteiger partial charge in [0.15, 0.2) is 0 Å². The van der Waals surface area contributed by atoms with Crippen molar-refractivity contribution in [3.8, 4) is 0 Å². The van der Waals surface area contributed by atoms with E-state index in [0.717, 1.165) is 35.7 Å². The lowest BCUT2D eigenvalue weighted by molar-refractivity contribution is -0.124. The monoisotopic (exact) mass is 335 g/mol. The van der Waals surface area contributed by atoms with Crippen molar-refractivity contribution in [1.82, 2.24) is 5.32 Å². The largest absolute Gasteiger partial charge is 0.353 e. The second-order valence-corrected chi connectivity index (χ2v) is 8.08. The molecular formula is C17H22BrNO. The number of carbonyl (C=O) groups excluding carboxylic acids is 1. The lowest BCUT2D eigenvalue weighted by Gasteiger charge is -2.21. The van der Waals surface area contributed by atoms with Crippen LogP contribution in [0, 0.1) is 5.41 Å². The van der Waals surface area contributed by atoms with Crippen LogP contribution in [0.25, 0.3) is 0 Å². The van der Waals surface area contributed by atoms with Crippen LogP contribution in [0.4, 0.5) is 0 Å². The molecule has 20 heavy (non-hydrogen) atoms. The molecule has 2 nitrogen and oxygen atoms in total. The van der Waals surface area contributed by atoms with Crippen molar-refractivity contribution in [3.05, 3.63) is 34.3 Å². The molecule has 2 aliphatic rings. The van der Waals surface area contributed by atoms with Crippen LogP contribution in [0.2, 0.25) is 0 Å². The van der Waals surface area contributed by atoms with Crippen molar-refractivity contribution in [3.63, 3.8) is 0 Å². The van der Waals surface area contributed by atoms with Crippen LogP contribution >= 0.6 is 15.9 Å². The Bertz CT molecular complexity index is 516. The molecule has 2 fully saturated rings. The van der Waals surface area contributed by atoms with Crippen molar-refractivity contribution < 1.29 is 4.79 Å². The van der Waals surface area contributed by atoms with E-state index in [4.69, 9.17) is 0 Å².